The second-order valence-corrected chi connectivity index (χ2v) is 6.39. The van der Waals surface area contributed by atoms with Gasteiger partial charge in [0.1, 0.15) is 0 Å². The van der Waals surface area contributed by atoms with Crippen LogP contribution in [0.4, 0.5) is 4.79 Å². The lowest BCUT2D eigenvalue weighted by Gasteiger charge is -2.32. The van der Waals surface area contributed by atoms with Gasteiger partial charge < -0.3 is 14.9 Å². The van der Waals surface area contributed by atoms with Crippen molar-refractivity contribution in [3.05, 3.63) is 33.8 Å². The van der Waals surface area contributed by atoms with Crippen LogP contribution in [0.15, 0.2) is 12.1 Å². The van der Waals surface area contributed by atoms with Crippen LogP contribution in [0.25, 0.3) is 0 Å². The van der Waals surface area contributed by atoms with E-state index in [2.05, 4.69) is 0 Å². The maximum absolute atomic E-state index is 11.6. The molecule has 0 radical (unpaired) electrons. The molecule has 6 heteroatoms. The third-order valence-electron chi connectivity index (χ3n) is 4.64. The monoisotopic (exact) mass is 322 g/mol. The number of amides is 2. The van der Waals surface area contributed by atoms with E-state index >= 15 is 0 Å². The maximum atomic E-state index is 11.6. The summed E-state index contributed by atoms with van der Waals surface area (Å²) in [7, 11) is 0. The van der Waals surface area contributed by atoms with Gasteiger partial charge in [0, 0.05) is 31.6 Å². The van der Waals surface area contributed by atoms with E-state index in [4.69, 9.17) is 11.6 Å². The van der Waals surface area contributed by atoms with E-state index in [0.717, 1.165) is 30.4 Å². The summed E-state index contributed by atoms with van der Waals surface area (Å²) in [4.78, 5) is 26.3. The minimum Gasteiger partial charge on any atom is -0.465 e. The highest BCUT2D eigenvalue weighted by Crippen LogP contribution is 2.38. The van der Waals surface area contributed by atoms with Gasteiger partial charge in [-0.25, -0.2) is 4.79 Å². The Kier molecular flexibility index (Phi) is 4.00. The van der Waals surface area contributed by atoms with E-state index in [1.165, 1.54) is 10.5 Å². The first-order valence-corrected chi connectivity index (χ1v) is 7.91. The SMILES string of the molecule is CC(=O)N1CCc2c(cc(Cl)cc2C2CCCN2C(=O)O)C1. The van der Waals surface area contributed by atoms with Crippen LogP contribution >= 0.6 is 11.6 Å². The van der Waals surface area contributed by atoms with Crippen molar-refractivity contribution in [1.82, 2.24) is 9.80 Å². The number of carbonyl (C=O) groups excluding carboxylic acids is 1. The number of carbonyl (C=O) groups is 2. The van der Waals surface area contributed by atoms with Gasteiger partial charge in [-0.3, -0.25) is 4.79 Å². The molecule has 1 N–H and O–H groups in total. The summed E-state index contributed by atoms with van der Waals surface area (Å²) < 4.78 is 0. The van der Waals surface area contributed by atoms with E-state index in [-0.39, 0.29) is 11.9 Å². The second kappa shape index (κ2) is 5.80. The Morgan fingerprint density at radius 1 is 1.32 bits per heavy atom. The summed E-state index contributed by atoms with van der Waals surface area (Å²) in [6.45, 7) is 3.37. The van der Waals surface area contributed by atoms with Crippen LogP contribution in [0.5, 0.6) is 0 Å². The molecule has 2 heterocycles. The van der Waals surface area contributed by atoms with Gasteiger partial charge in [-0.1, -0.05) is 11.6 Å². The standard InChI is InChI=1S/C16H19ClN2O3/c1-10(20)18-6-4-13-11(9-18)7-12(17)8-14(13)15-3-2-5-19(15)16(21)22/h7-8,15H,2-6,9H2,1H3,(H,21,22). The molecule has 1 aromatic rings. The fourth-order valence-corrected chi connectivity index (χ4v) is 3.83. The van der Waals surface area contributed by atoms with E-state index in [1.807, 2.05) is 12.1 Å². The zero-order valence-corrected chi connectivity index (χ0v) is 13.3. The molecule has 1 saturated heterocycles. The van der Waals surface area contributed by atoms with Crippen LogP contribution in [0.1, 0.15) is 42.5 Å². The van der Waals surface area contributed by atoms with Crippen molar-refractivity contribution in [3.8, 4) is 0 Å². The predicted octanol–water partition coefficient (Wildman–Crippen LogP) is 3.06. The molecule has 22 heavy (non-hydrogen) atoms. The number of likely N-dealkylation sites (tertiary alicyclic amines) is 1. The normalized spacial score (nSPS) is 20.9. The third kappa shape index (κ3) is 2.65. The van der Waals surface area contributed by atoms with Crippen molar-refractivity contribution in [2.75, 3.05) is 13.1 Å². The Morgan fingerprint density at radius 3 is 2.77 bits per heavy atom. The van der Waals surface area contributed by atoms with E-state index < -0.39 is 6.09 Å². The van der Waals surface area contributed by atoms with Gasteiger partial charge in [0.2, 0.25) is 5.91 Å². The molecule has 0 spiro atoms. The van der Waals surface area contributed by atoms with Gasteiger partial charge in [-0.05, 0) is 48.1 Å². The quantitative estimate of drug-likeness (QED) is 0.864. The molecule has 0 saturated carbocycles. The fraction of sp³-hybridized carbons (Fsp3) is 0.500. The van der Waals surface area contributed by atoms with Crippen LogP contribution in [0.3, 0.4) is 0 Å². The highest BCUT2D eigenvalue weighted by atomic mass is 35.5. The van der Waals surface area contributed by atoms with E-state index in [1.54, 1.807) is 11.8 Å². The molecule has 5 nitrogen and oxygen atoms in total. The summed E-state index contributed by atoms with van der Waals surface area (Å²) in [6, 6.07) is 3.68. The molecule has 0 bridgehead atoms. The van der Waals surface area contributed by atoms with Crippen molar-refractivity contribution in [3.63, 3.8) is 0 Å². The molecular formula is C16H19ClN2O3. The fourth-order valence-electron chi connectivity index (χ4n) is 3.58. The smallest absolute Gasteiger partial charge is 0.407 e. The first-order valence-electron chi connectivity index (χ1n) is 7.53. The Bertz CT molecular complexity index is 632. The number of benzene rings is 1. The van der Waals surface area contributed by atoms with Gasteiger partial charge >= 0.3 is 6.09 Å². The summed E-state index contributed by atoms with van der Waals surface area (Å²) in [5.74, 6) is 0.0557. The zero-order chi connectivity index (χ0) is 15.9. The molecule has 2 amide bonds. The molecule has 2 aliphatic heterocycles. The lowest BCUT2D eigenvalue weighted by atomic mass is 9.90. The largest absolute Gasteiger partial charge is 0.465 e. The summed E-state index contributed by atoms with van der Waals surface area (Å²) in [5.41, 5.74) is 3.23. The molecule has 1 unspecified atom stereocenters. The van der Waals surface area contributed by atoms with Crippen LogP contribution < -0.4 is 0 Å². The third-order valence-corrected chi connectivity index (χ3v) is 4.86. The molecule has 118 valence electrons. The van der Waals surface area contributed by atoms with E-state index in [0.29, 0.717) is 24.7 Å². The number of nitrogens with zero attached hydrogens (tertiary/aromatic N) is 2. The van der Waals surface area contributed by atoms with E-state index in [9.17, 15) is 14.7 Å². The number of rotatable bonds is 1. The van der Waals surface area contributed by atoms with Gasteiger partial charge in [0.05, 0.1) is 6.04 Å². The number of halogens is 1. The molecule has 2 aliphatic rings. The molecular weight excluding hydrogens is 304 g/mol. The van der Waals surface area contributed by atoms with Crippen molar-refractivity contribution in [2.45, 2.75) is 38.8 Å². The maximum Gasteiger partial charge on any atom is 0.407 e. The van der Waals surface area contributed by atoms with Crippen LogP contribution in [-0.4, -0.2) is 40.0 Å². The first kappa shape index (κ1) is 15.2. The second-order valence-electron chi connectivity index (χ2n) is 5.96. The average molecular weight is 323 g/mol. The number of fused-ring (bicyclic) bond motifs is 1. The van der Waals surface area contributed by atoms with Gasteiger partial charge in [0.25, 0.3) is 0 Å². The molecule has 1 fully saturated rings. The van der Waals surface area contributed by atoms with Gasteiger partial charge in [-0.2, -0.15) is 0 Å². The highest BCUT2D eigenvalue weighted by molar-refractivity contribution is 6.30. The Hall–Kier alpha value is -1.75. The molecule has 1 atom stereocenters. The summed E-state index contributed by atoms with van der Waals surface area (Å²) in [6.07, 6.45) is 1.58. The molecule has 0 aliphatic carbocycles. The minimum atomic E-state index is -0.877. The Labute approximate surface area is 134 Å². The molecule has 0 aromatic heterocycles. The number of hydrogen-bond acceptors (Lipinski definition) is 2. The summed E-state index contributed by atoms with van der Waals surface area (Å²) in [5, 5.41) is 9.98. The Morgan fingerprint density at radius 2 is 2.09 bits per heavy atom. The Balaban J connectivity index is 2.00. The zero-order valence-electron chi connectivity index (χ0n) is 12.5. The summed E-state index contributed by atoms with van der Waals surface area (Å²) >= 11 is 6.25. The lowest BCUT2D eigenvalue weighted by molar-refractivity contribution is -0.129. The topological polar surface area (TPSA) is 60.9 Å². The number of carboxylic acid groups (broad SMARTS) is 1. The molecule has 1 aromatic carbocycles. The van der Waals surface area contributed by atoms with Gasteiger partial charge in [0.15, 0.2) is 0 Å². The predicted molar refractivity (Wildman–Crippen MR) is 83.0 cm³/mol. The van der Waals surface area contributed by atoms with Crippen molar-refractivity contribution >= 4 is 23.6 Å². The first-order chi connectivity index (χ1) is 10.5. The minimum absolute atomic E-state index is 0.0557. The van der Waals surface area contributed by atoms with Crippen LogP contribution in [0, 0.1) is 0 Å². The molecule has 3 rings (SSSR count). The van der Waals surface area contributed by atoms with Gasteiger partial charge in [-0.15, -0.1) is 0 Å². The van der Waals surface area contributed by atoms with Crippen LogP contribution in [-0.2, 0) is 17.8 Å². The van der Waals surface area contributed by atoms with Crippen LogP contribution in [0.2, 0.25) is 5.02 Å². The lowest BCUT2D eigenvalue weighted by Crippen LogP contribution is -2.36. The number of hydrogen-bond donors (Lipinski definition) is 1. The van der Waals surface area contributed by atoms with Crippen molar-refractivity contribution < 1.29 is 14.7 Å². The van der Waals surface area contributed by atoms with Crippen molar-refractivity contribution in [1.29, 1.82) is 0 Å². The highest BCUT2D eigenvalue weighted by Gasteiger charge is 2.33. The van der Waals surface area contributed by atoms with Crippen molar-refractivity contribution in [2.24, 2.45) is 0 Å². The average Bonchev–Trinajstić information content (AvgIpc) is 2.95.